The van der Waals surface area contributed by atoms with Crippen LogP contribution in [0.4, 0.5) is 0 Å². The van der Waals surface area contributed by atoms with E-state index in [2.05, 4.69) is 22.0 Å². The van der Waals surface area contributed by atoms with Crippen LogP contribution in [0.2, 0.25) is 0 Å². The zero-order chi connectivity index (χ0) is 12.1. The second kappa shape index (κ2) is 5.31. The van der Waals surface area contributed by atoms with Gasteiger partial charge in [-0.05, 0) is 50.3 Å². The molecule has 3 heteroatoms. The molecular formula is C14H14N2O. The molecule has 0 unspecified atom stereocenters. The van der Waals surface area contributed by atoms with Crippen molar-refractivity contribution in [3.63, 3.8) is 0 Å². The van der Waals surface area contributed by atoms with Crippen LogP contribution in [0.3, 0.4) is 0 Å². The Morgan fingerprint density at radius 2 is 2.18 bits per heavy atom. The first-order valence-corrected chi connectivity index (χ1v) is 5.65. The fourth-order valence-corrected chi connectivity index (χ4v) is 1.74. The van der Waals surface area contributed by atoms with Gasteiger partial charge in [0, 0.05) is 11.3 Å². The minimum absolute atomic E-state index is 0.706. The molecule has 0 aromatic carbocycles. The van der Waals surface area contributed by atoms with Gasteiger partial charge in [0.25, 0.3) is 0 Å². The molecule has 17 heavy (non-hydrogen) atoms. The molecule has 0 bridgehead atoms. The van der Waals surface area contributed by atoms with E-state index < -0.39 is 0 Å². The van der Waals surface area contributed by atoms with Crippen LogP contribution < -0.4 is 0 Å². The summed E-state index contributed by atoms with van der Waals surface area (Å²) in [6.45, 7) is 1.95. The van der Waals surface area contributed by atoms with E-state index in [1.807, 2.05) is 31.2 Å². The van der Waals surface area contributed by atoms with E-state index in [1.54, 1.807) is 0 Å². The zero-order valence-electron chi connectivity index (χ0n) is 9.77. The topological polar surface area (TPSA) is 45.5 Å². The predicted octanol–water partition coefficient (Wildman–Crippen LogP) is 2.68. The first-order valence-electron chi connectivity index (χ1n) is 5.65. The van der Waals surface area contributed by atoms with E-state index >= 15 is 0 Å². The van der Waals surface area contributed by atoms with Crippen LogP contribution in [-0.4, -0.2) is 15.9 Å². The molecule has 0 saturated heterocycles. The minimum atomic E-state index is 0.706. The Hall–Kier alpha value is -2.08. The van der Waals surface area contributed by atoms with E-state index in [0.717, 1.165) is 36.2 Å². The van der Waals surface area contributed by atoms with Crippen molar-refractivity contribution in [3.05, 3.63) is 41.2 Å². The van der Waals surface area contributed by atoms with Gasteiger partial charge < -0.3 is 5.21 Å². The molecule has 0 spiro atoms. The van der Waals surface area contributed by atoms with E-state index in [-0.39, 0.29) is 0 Å². The van der Waals surface area contributed by atoms with Crippen LogP contribution in [0.5, 0.6) is 0 Å². The lowest BCUT2D eigenvalue weighted by molar-refractivity contribution is 0.318. The number of hydrogen-bond donors (Lipinski definition) is 1. The smallest absolute Gasteiger partial charge is 0.113 e. The van der Waals surface area contributed by atoms with E-state index in [0.29, 0.717) is 5.71 Å². The highest BCUT2D eigenvalue weighted by Crippen LogP contribution is 2.15. The van der Waals surface area contributed by atoms with Gasteiger partial charge in [0.2, 0.25) is 0 Å². The van der Waals surface area contributed by atoms with Crippen molar-refractivity contribution in [3.8, 4) is 11.8 Å². The summed E-state index contributed by atoms with van der Waals surface area (Å²) in [4.78, 5) is 4.32. The lowest BCUT2D eigenvalue weighted by Crippen LogP contribution is -2.02. The third-order valence-corrected chi connectivity index (χ3v) is 2.59. The number of oxime groups is 1. The quantitative estimate of drug-likeness (QED) is 0.420. The fraction of sp³-hybridized carbons (Fsp3) is 0.286. The minimum Gasteiger partial charge on any atom is -0.411 e. The number of hydrogen-bond acceptors (Lipinski definition) is 3. The van der Waals surface area contributed by atoms with Gasteiger partial charge in [0.05, 0.1) is 5.71 Å². The summed E-state index contributed by atoms with van der Waals surface area (Å²) in [5, 5.41) is 11.9. The normalized spacial score (nSPS) is 17.2. The number of pyridine rings is 1. The van der Waals surface area contributed by atoms with Crippen molar-refractivity contribution < 1.29 is 5.21 Å². The molecule has 0 atom stereocenters. The van der Waals surface area contributed by atoms with Crippen LogP contribution >= 0.6 is 0 Å². The highest BCUT2D eigenvalue weighted by molar-refractivity contribution is 5.96. The Labute approximate surface area is 101 Å². The summed E-state index contributed by atoms with van der Waals surface area (Å²) in [7, 11) is 0. The second-order valence-electron chi connectivity index (χ2n) is 4.03. The average Bonchev–Trinajstić information content (AvgIpc) is 2.37. The number of nitrogens with zero attached hydrogens (tertiary/aromatic N) is 2. The molecule has 86 valence electrons. The monoisotopic (exact) mass is 226 g/mol. The number of aryl methyl sites for hydroxylation is 1. The molecule has 1 aromatic rings. The van der Waals surface area contributed by atoms with Crippen molar-refractivity contribution >= 4 is 5.71 Å². The Bertz CT molecular complexity index is 533. The van der Waals surface area contributed by atoms with Gasteiger partial charge in [-0.1, -0.05) is 17.1 Å². The predicted molar refractivity (Wildman–Crippen MR) is 67.0 cm³/mol. The Morgan fingerprint density at radius 3 is 2.94 bits per heavy atom. The molecule has 0 fully saturated rings. The first kappa shape index (κ1) is 11.4. The highest BCUT2D eigenvalue weighted by Gasteiger charge is 2.06. The standard InChI is InChI=1S/C14H14N2O/c1-11-4-2-6-13(15-11)9-8-12-5-3-7-14(10-12)16-17/h2,4,6,10,17H,3,5,7H2,1H3/b16-14+. The van der Waals surface area contributed by atoms with Gasteiger partial charge in [0.15, 0.2) is 0 Å². The van der Waals surface area contributed by atoms with E-state index in [9.17, 15) is 0 Å². The van der Waals surface area contributed by atoms with Crippen LogP contribution in [0.25, 0.3) is 0 Å². The van der Waals surface area contributed by atoms with Gasteiger partial charge in [0.1, 0.15) is 5.69 Å². The molecule has 1 N–H and O–H groups in total. The van der Waals surface area contributed by atoms with E-state index in [1.165, 1.54) is 0 Å². The molecule has 1 aliphatic carbocycles. The summed E-state index contributed by atoms with van der Waals surface area (Å²) < 4.78 is 0. The molecule has 0 radical (unpaired) electrons. The van der Waals surface area contributed by atoms with Crippen molar-refractivity contribution in [1.29, 1.82) is 0 Å². The third-order valence-electron chi connectivity index (χ3n) is 2.59. The first-order chi connectivity index (χ1) is 8.28. The van der Waals surface area contributed by atoms with Gasteiger partial charge in [-0.25, -0.2) is 4.98 Å². The largest absolute Gasteiger partial charge is 0.411 e. The maximum atomic E-state index is 8.71. The van der Waals surface area contributed by atoms with Gasteiger partial charge in [-0.15, -0.1) is 0 Å². The SMILES string of the molecule is Cc1cccc(C#CC2=C/C(=N/O)CCC2)n1. The zero-order valence-corrected chi connectivity index (χ0v) is 9.77. The molecule has 1 aromatic heterocycles. The summed E-state index contributed by atoms with van der Waals surface area (Å²) in [5.74, 6) is 6.12. The highest BCUT2D eigenvalue weighted by atomic mass is 16.4. The van der Waals surface area contributed by atoms with Crippen LogP contribution in [0, 0.1) is 18.8 Å². The van der Waals surface area contributed by atoms with Crippen molar-refractivity contribution in [2.24, 2.45) is 5.16 Å². The molecule has 0 aliphatic heterocycles. The second-order valence-corrected chi connectivity index (χ2v) is 4.03. The summed E-state index contributed by atoms with van der Waals surface area (Å²) >= 11 is 0. The molecular weight excluding hydrogens is 212 g/mol. The van der Waals surface area contributed by atoms with Crippen molar-refractivity contribution in [1.82, 2.24) is 4.98 Å². The lowest BCUT2D eigenvalue weighted by atomic mass is 9.98. The van der Waals surface area contributed by atoms with Crippen LogP contribution in [0.1, 0.15) is 30.7 Å². The van der Waals surface area contributed by atoms with Crippen molar-refractivity contribution in [2.45, 2.75) is 26.2 Å². The van der Waals surface area contributed by atoms with Crippen LogP contribution in [-0.2, 0) is 0 Å². The average molecular weight is 226 g/mol. The van der Waals surface area contributed by atoms with Gasteiger partial charge in [-0.3, -0.25) is 0 Å². The third kappa shape index (κ3) is 3.18. The maximum absolute atomic E-state index is 8.71. The maximum Gasteiger partial charge on any atom is 0.113 e. The fourth-order valence-electron chi connectivity index (χ4n) is 1.74. The Balaban J connectivity index is 2.19. The van der Waals surface area contributed by atoms with E-state index in [4.69, 9.17) is 5.21 Å². The van der Waals surface area contributed by atoms with Crippen LogP contribution in [0.15, 0.2) is 35.0 Å². The Morgan fingerprint density at radius 1 is 1.29 bits per heavy atom. The summed E-state index contributed by atoms with van der Waals surface area (Å²) in [6.07, 6.45) is 4.61. The summed E-state index contributed by atoms with van der Waals surface area (Å²) in [5.41, 5.74) is 3.45. The Kier molecular flexibility index (Phi) is 3.56. The molecule has 3 nitrogen and oxygen atoms in total. The molecule has 1 aliphatic rings. The summed E-state index contributed by atoms with van der Waals surface area (Å²) in [6, 6.07) is 5.79. The molecule has 1 heterocycles. The van der Waals surface area contributed by atoms with Gasteiger partial charge in [-0.2, -0.15) is 0 Å². The van der Waals surface area contributed by atoms with Crippen molar-refractivity contribution in [2.75, 3.05) is 0 Å². The lowest BCUT2D eigenvalue weighted by Gasteiger charge is -2.07. The molecule has 0 amide bonds. The number of aromatic nitrogens is 1. The molecule has 2 rings (SSSR count). The molecule has 0 saturated carbocycles. The van der Waals surface area contributed by atoms with Gasteiger partial charge >= 0.3 is 0 Å². The number of rotatable bonds is 0. The number of allylic oxidation sites excluding steroid dienone is 2.